The molecule has 414 valence electrons. The maximum Gasteiger partial charge on any atom is 0.306 e. The molecule has 0 saturated heterocycles. The zero-order valence-electron chi connectivity index (χ0n) is 47.5. The van der Waals surface area contributed by atoms with E-state index in [0.29, 0.717) is 19.3 Å². The third-order valence-electron chi connectivity index (χ3n) is 13.8. The van der Waals surface area contributed by atoms with Crippen molar-refractivity contribution in [1.29, 1.82) is 0 Å². The summed E-state index contributed by atoms with van der Waals surface area (Å²) in [6.45, 7) is 6.65. The topological polar surface area (TPSA) is 78.9 Å². The Bertz CT molecular complexity index is 1230. The lowest BCUT2D eigenvalue weighted by Crippen LogP contribution is -2.30. The van der Waals surface area contributed by atoms with Gasteiger partial charge in [0.05, 0.1) is 0 Å². The lowest BCUT2D eigenvalue weighted by atomic mass is 10.0. The van der Waals surface area contributed by atoms with E-state index in [1.807, 2.05) is 0 Å². The van der Waals surface area contributed by atoms with Crippen molar-refractivity contribution >= 4 is 17.9 Å². The molecule has 1 unspecified atom stereocenters. The molecule has 0 aliphatic rings. The standard InChI is InChI=1S/C65H118O6/c1-4-7-10-13-16-19-22-25-28-31-32-33-34-35-38-40-43-46-49-52-55-58-64(67)70-61-62(71-65(68)59-56-53-50-47-44-41-37-30-27-24-21-18-15-12-9-6-3)60-69-63(66)57-54-51-48-45-42-39-36-29-26-23-20-17-14-11-8-5-2/h21-22,24-25,30-32,37,62H,4-20,23,26-29,33-36,38-61H2,1-3H3/b24-21-,25-22-,32-31-,37-30-. The smallest absolute Gasteiger partial charge is 0.306 e. The van der Waals surface area contributed by atoms with Gasteiger partial charge in [0, 0.05) is 19.3 Å². The van der Waals surface area contributed by atoms with Gasteiger partial charge in [0.1, 0.15) is 13.2 Å². The predicted molar refractivity (Wildman–Crippen MR) is 307 cm³/mol. The first-order valence-corrected chi connectivity index (χ1v) is 31.1. The van der Waals surface area contributed by atoms with E-state index in [2.05, 4.69) is 69.4 Å². The van der Waals surface area contributed by atoms with Crippen molar-refractivity contribution in [2.75, 3.05) is 13.2 Å². The van der Waals surface area contributed by atoms with Gasteiger partial charge in [-0.25, -0.2) is 0 Å². The number of rotatable bonds is 57. The summed E-state index contributed by atoms with van der Waals surface area (Å²) in [7, 11) is 0. The molecule has 6 nitrogen and oxygen atoms in total. The van der Waals surface area contributed by atoms with Gasteiger partial charge in [0.25, 0.3) is 0 Å². The minimum atomic E-state index is -0.781. The number of carbonyl (C=O) groups excluding carboxylic acids is 3. The summed E-state index contributed by atoms with van der Waals surface area (Å²) in [4.78, 5) is 38.3. The number of esters is 3. The minimum Gasteiger partial charge on any atom is -0.462 e. The van der Waals surface area contributed by atoms with E-state index >= 15 is 0 Å². The van der Waals surface area contributed by atoms with Crippen LogP contribution in [0, 0.1) is 0 Å². The fourth-order valence-corrected chi connectivity index (χ4v) is 9.09. The van der Waals surface area contributed by atoms with Crippen LogP contribution in [0.2, 0.25) is 0 Å². The molecule has 0 aliphatic heterocycles. The number of unbranched alkanes of at least 4 members (excludes halogenated alkanes) is 38. The average molecular weight is 996 g/mol. The fourth-order valence-electron chi connectivity index (χ4n) is 9.09. The molecule has 0 fully saturated rings. The first-order chi connectivity index (χ1) is 35.0. The number of carbonyl (C=O) groups is 3. The second-order valence-electron chi connectivity index (χ2n) is 21.0. The Hall–Kier alpha value is -2.63. The van der Waals surface area contributed by atoms with E-state index in [-0.39, 0.29) is 31.1 Å². The van der Waals surface area contributed by atoms with Gasteiger partial charge in [-0.1, -0.05) is 275 Å². The van der Waals surface area contributed by atoms with Crippen LogP contribution in [0.1, 0.15) is 329 Å². The van der Waals surface area contributed by atoms with Crippen molar-refractivity contribution in [2.45, 2.75) is 335 Å². The molecule has 0 aromatic heterocycles. The summed E-state index contributed by atoms with van der Waals surface area (Å²) in [6.07, 6.45) is 73.9. The van der Waals surface area contributed by atoms with Gasteiger partial charge < -0.3 is 14.2 Å². The molecule has 1 atom stereocenters. The second kappa shape index (κ2) is 59.9. The van der Waals surface area contributed by atoms with Crippen LogP contribution in [0.15, 0.2) is 48.6 Å². The van der Waals surface area contributed by atoms with Crippen LogP contribution in [-0.4, -0.2) is 37.2 Å². The molecule has 6 heteroatoms. The van der Waals surface area contributed by atoms with Crippen molar-refractivity contribution in [2.24, 2.45) is 0 Å². The van der Waals surface area contributed by atoms with E-state index in [1.165, 1.54) is 199 Å². The molecule has 0 radical (unpaired) electrons. The van der Waals surface area contributed by atoms with Gasteiger partial charge in [-0.3, -0.25) is 14.4 Å². The molecule has 0 amide bonds. The summed E-state index contributed by atoms with van der Waals surface area (Å²) < 4.78 is 16.9. The number of allylic oxidation sites excluding steroid dienone is 8. The highest BCUT2D eigenvalue weighted by Crippen LogP contribution is 2.17. The van der Waals surface area contributed by atoms with E-state index in [1.54, 1.807) is 0 Å². The molecular formula is C65H118O6. The van der Waals surface area contributed by atoms with Crippen molar-refractivity contribution in [3.8, 4) is 0 Å². The molecule has 71 heavy (non-hydrogen) atoms. The first-order valence-electron chi connectivity index (χ1n) is 31.1. The van der Waals surface area contributed by atoms with Gasteiger partial charge in [-0.2, -0.15) is 0 Å². The Morgan fingerprint density at radius 1 is 0.282 bits per heavy atom. The molecule has 0 heterocycles. The molecule has 0 aromatic carbocycles. The van der Waals surface area contributed by atoms with E-state index in [9.17, 15) is 14.4 Å². The van der Waals surface area contributed by atoms with Gasteiger partial charge in [-0.15, -0.1) is 0 Å². The molecule has 0 saturated carbocycles. The normalized spacial score (nSPS) is 12.3. The van der Waals surface area contributed by atoms with Crippen molar-refractivity contribution in [1.82, 2.24) is 0 Å². The number of hydrogen-bond acceptors (Lipinski definition) is 6. The SMILES string of the molecule is CCCCCC/C=C\C/C=C\CCCCCCCC(=O)OC(COC(=O)CCCCCCCCCCC/C=C\C/C=C\CCCCCCC)COC(=O)CCCCCCCCCCCCCCCCCC. The number of ether oxygens (including phenoxy) is 3. The Kier molecular flexibility index (Phi) is 57.7. The Morgan fingerprint density at radius 2 is 0.507 bits per heavy atom. The molecule has 0 aliphatic carbocycles. The Labute approximate surface area is 441 Å². The molecule has 0 spiro atoms. The van der Waals surface area contributed by atoms with E-state index in [4.69, 9.17) is 14.2 Å². The molecule has 0 bridgehead atoms. The maximum atomic E-state index is 12.9. The van der Waals surface area contributed by atoms with Crippen LogP contribution in [-0.2, 0) is 28.6 Å². The average Bonchev–Trinajstić information content (AvgIpc) is 3.37. The summed E-state index contributed by atoms with van der Waals surface area (Å²) in [5, 5.41) is 0. The summed E-state index contributed by atoms with van der Waals surface area (Å²) in [5.74, 6) is -0.876. The minimum absolute atomic E-state index is 0.0768. The van der Waals surface area contributed by atoms with Crippen molar-refractivity contribution in [3.05, 3.63) is 48.6 Å². The van der Waals surface area contributed by atoms with Crippen LogP contribution >= 0.6 is 0 Å². The first kappa shape index (κ1) is 68.4. The van der Waals surface area contributed by atoms with Crippen LogP contribution in [0.25, 0.3) is 0 Å². The van der Waals surface area contributed by atoms with Crippen LogP contribution in [0.3, 0.4) is 0 Å². The highest BCUT2D eigenvalue weighted by atomic mass is 16.6. The van der Waals surface area contributed by atoms with Crippen LogP contribution in [0.5, 0.6) is 0 Å². The van der Waals surface area contributed by atoms with Crippen LogP contribution < -0.4 is 0 Å². The summed E-state index contributed by atoms with van der Waals surface area (Å²) in [5.41, 5.74) is 0. The summed E-state index contributed by atoms with van der Waals surface area (Å²) in [6, 6.07) is 0. The van der Waals surface area contributed by atoms with Gasteiger partial charge in [0.2, 0.25) is 0 Å². The molecular weight excluding hydrogens is 877 g/mol. The van der Waals surface area contributed by atoms with Gasteiger partial charge in [-0.05, 0) is 83.5 Å². The Morgan fingerprint density at radius 3 is 0.789 bits per heavy atom. The molecule has 0 N–H and O–H groups in total. The third kappa shape index (κ3) is 58.1. The van der Waals surface area contributed by atoms with E-state index < -0.39 is 6.10 Å². The quantitative estimate of drug-likeness (QED) is 0.0261. The maximum absolute atomic E-state index is 12.9. The highest BCUT2D eigenvalue weighted by Gasteiger charge is 2.19. The lowest BCUT2D eigenvalue weighted by molar-refractivity contribution is -0.167. The lowest BCUT2D eigenvalue weighted by Gasteiger charge is -2.18. The van der Waals surface area contributed by atoms with Gasteiger partial charge >= 0.3 is 17.9 Å². The predicted octanol–water partition coefficient (Wildman–Crippen LogP) is 21.0. The number of hydrogen-bond donors (Lipinski definition) is 0. The largest absolute Gasteiger partial charge is 0.462 e. The molecule has 0 aromatic rings. The van der Waals surface area contributed by atoms with E-state index in [0.717, 1.165) is 89.9 Å². The van der Waals surface area contributed by atoms with Crippen LogP contribution in [0.4, 0.5) is 0 Å². The zero-order chi connectivity index (χ0) is 51.4. The monoisotopic (exact) mass is 995 g/mol. The second-order valence-corrected chi connectivity index (χ2v) is 21.0. The molecule has 0 rings (SSSR count). The van der Waals surface area contributed by atoms with Crippen molar-refractivity contribution in [3.63, 3.8) is 0 Å². The highest BCUT2D eigenvalue weighted by molar-refractivity contribution is 5.71. The Balaban J connectivity index is 4.35. The van der Waals surface area contributed by atoms with Gasteiger partial charge in [0.15, 0.2) is 6.10 Å². The van der Waals surface area contributed by atoms with Crippen molar-refractivity contribution < 1.29 is 28.6 Å². The third-order valence-corrected chi connectivity index (χ3v) is 13.8. The fraction of sp³-hybridized carbons (Fsp3) is 0.831. The zero-order valence-corrected chi connectivity index (χ0v) is 47.5. The summed E-state index contributed by atoms with van der Waals surface area (Å²) >= 11 is 0.